The zero-order chi connectivity index (χ0) is 31.6. The number of amides is 2. The van der Waals surface area contributed by atoms with E-state index >= 15 is 0 Å². The number of carbonyl (C=O) groups is 2. The molecule has 0 unspecified atom stereocenters. The topological polar surface area (TPSA) is 58.2 Å². The molecule has 0 aliphatic rings. The fourth-order valence-electron chi connectivity index (χ4n) is 5.26. The summed E-state index contributed by atoms with van der Waals surface area (Å²) in [7, 11) is 3.29. The molecule has 0 aliphatic carbocycles. The van der Waals surface area contributed by atoms with Crippen LogP contribution >= 0.6 is 21.6 Å². The van der Waals surface area contributed by atoms with Gasteiger partial charge in [0.1, 0.15) is 0 Å². The zero-order valence-corrected chi connectivity index (χ0v) is 28.4. The van der Waals surface area contributed by atoms with Crippen molar-refractivity contribution in [2.45, 2.75) is 67.5 Å². The molecular weight excluding hydrogens is 581 g/mol. The highest BCUT2D eigenvalue weighted by Gasteiger charge is 2.10. The van der Waals surface area contributed by atoms with Gasteiger partial charge in [-0.05, 0) is 114 Å². The quantitative estimate of drug-likeness (QED) is 0.115. The molecule has 4 rings (SSSR count). The van der Waals surface area contributed by atoms with Gasteiger partial charge in [-0.25, -0.2) is 0 Å². The summed E-state index contributed by atoms with van der Waals surface area (Å²) in [5, 5.41) is 6.11. The van der Waals surface area contributed by atoms with E-state index in [1.54, 1.807) is 21.6 Å². The zero-order valence-electron chi connectivity index (χ0n) is 26.8. The van der Waals surface area contributed by atoms with Crippen LogP contribution in [0, 0.1) is 41.5 Å². The van der Waals surface area contributed by atoms with E-state index in [0.29, 0.717) is 37.4 Å². The molecule has 0 bridgehead atoms. The van der Waals surface area contributed by atoms with E-state index in [2.05, 4.69) is 125 Å². The van der Waals surface area contributed by atoms with Crippen LogP contribution in [0.15, 0.2) is 72.8 Å². The van der Waals surface area contributed by atoms with Crippen molar-refractivity contribution in [1.29, 1.82) is 0 Å². The van der Waals surface area contributed by atoms with Crippen LogP contribution in [0.25, 0.3) is 22.3 Å². The molecule has 0 saturated heterocycles. The van der Waals surface area contributed by atoms with Crippen molar-refractivity contribution < 1.29 is 9.59 Å². The highest BCUT2D eigenvalue weighted by atomic mass is 33.1. The molecule has 2 N–H and O–H groups in total. The van der Waals surface area contributed by atoms with E-state index in [1.165, 1.54) is 55.6 Å². The van der Waals surface area contributed by atoms with Gasteiger partial charge in [0, 0.05) is 37.4 Å². The minimum Gasteiger partial charge on any atom is -0.352 e. The fraction of sp³-hybridized carbons (Fsp3) is 0.316. The van der Waals surface area contributed by atoms with Crippen molar-refractivity contribution in [3.8, 4) is 22.3 Å². The van der Waals surface area contributed by atoms with Crippen molar-refractivity contribution in [3.05, 3.63) is 117 Å². The Bertz CT molecular complexity index is 1630. The van der Waals surface area contributed by atoms with Gasteiger partial charge in [0.15, 0.2) is 0 Å². The first kappa shape index (κ1) is 33.4. The number of aryl methyl sites for hydroxylation is 4. The third kappa shape index (κ3) is 9.02. The lowest BCUT2D eigenvalue weighted by molar-refractivity contribution is -0.121. The maximum absolute atomic E-state index is 12.5. The van der Waals surface area contributed by atoms with Gasteiger partial charge in [-0.2, -0.15) is 0 Å². The summed E-state index contributed by atoms with van der Waals surface area (Å²) >= 11 is 0. The Balaban J connectivity index is 1.12. The first-order valence-electron chi connectivity index (χ1n) is 15.2. The number of carbonyl (C=O) groups excluding carboxylic acids is 2. The molecule has 2 amide bonds. The molecule has 44 heavy (non-hydrogen) atoms. The summed E-state index contributed by atoms with van der Waals surface area (Å²) in [6.45, 7) is 13.9. The van der Waals surface area contributed by atoms with Gasteiger partial charge in [0.25, 0.3) is 0 Å². The van der Waals surface area contributed by atoms with Crippen LogP contribution in [0.3, 0.4) is 0 Å². The first-order chi connectivity index (χ1) is 21.1. The van der Waals surface area contributed by atoms with Crippen LogP contribution in [-0.4, -0.2) is 23.3 Å². The summed E-state index contributed by atoms with van der Waals surface area (Å²) in [5.41, 5.74) is 14.8. The smallest absolute Gasteiger partial charge is 0.221 e. The van der Waals surface area contributed by atoms with Crippen molar-refractivity contribution >= 4 is 33.4 Å². The molecule has 4 aromatic rings. The summed E-state index contributed by atoms with van der Waals surface area (Å²) in [6, 6.07) is 25.6. The Labute approximate surface area is 271 Å². The Morgan fingerprint density at radius 3 is 1.57 bits per heavy atom. The fourth-order valence-corrected chi connectivity index (χ4v) is 7.24. The average molecular weight is 625 g/mol. The SMILES string of the molecule is Cc1cc(CNC(=O)CCSSCCC(=O)NCc2ccc(C)c(-c3cccc(C)c3C)c2)ccc1-c1cccc(C)c1C. The monoisotopic (exact) mass is 624 g/mol. The van der Waals surface area contributed by atoms with E-state index in [9.17, 15) is 9.59 Å². The van der Waals surface area contributed by atoms with Crippen LogP contribution in [-0.2, 0) is 22.7 Å². The van der Waals surface area contributed by atoms with Crippen LogP contribution in [0.1, 0.15) is 57.3 Å². The number of benzene rings is 4. The largest absolute Gasteiger partial charge is 0.352 e. The normalized spacial score (nSPS) is 11.0. The average Bonchev–Trinajstić information content (AvgIpc) is 3.00. The summed E-state index contributed by atoms with van der Waals surface area (Å²) in [4.78, 5) is 24.9. The van der Waals surface area contributed by atoms with Crippen LogP contribution in [0.4, 0.5) is 0 Å². The van der Waals surface area contributed by atoms with Gasteiger partial charge >= 0.3 is 0 Å². The molecule has 0 fully saturated rings. The molecule has 4 aromatic carbocycles. The van der Waals surface area contributed by atoms with E-state index in [-0.39, 0.29) is 11.8 Å². The second kappa shape index (κ2) is 16.0. The summed E-state index contributed by atoms with van der Waals surface area (Å²) < 4.78 is 0. The predicted octanol–water partition coefficient (Wildman–Crippen LogP) is 8.97. The van der Waals surface area contributed by atoms with Crippen molar-refractivity contribution in [2.75, 3.05) is 11.5 Å². The maximum atomic E-state index is 12.5. The lowest BCUT2D eigenvalue weighted by Gasteiger charge is -2.14. The lowest BCUT2D eigenvalue weighted by Crippen LogP contribution is -2.23. The lowest BCUT2D eigenvalue weighted by atomic mass is 9.93. The second-order valence-corrected chi connectivity index (χ2v) is 14.2. The maximum Gasteiger partial charge on any atom is 0.221 e. The molecule has 6 heteroatoms. The third-order valence-electron chi connectivity index (χ3n) is 8.27. The van der Waals surface area contributed by atoms with Gasteiger partial charge in [0.05, 0.1) is 0 Å². The minimum atomic E-state index is 0.0450. The van der Waals surface area contributed by atoms with Crippen molar-refractivity contribution in [1.82, 2.24) is 10.6 Å². The van der Waals surface area contributed by atoms with Gasteiger partial charge < -0.3 is 10.6 Å². The molecule has 0 radical (unpaired) electrons. The number of nitrogens with one attached hydrogen (secondary N) is 2. The Morgan fingerprint density at radius 2 is 1.02 bits per heavy atom. The predicted molar refractivity (Wildman–Crippen MR) is 190 cm³/mol. The molecular formula is C38H44N2O2S2. The molecule has 0 aromatic heterocycles. The van der Waals surface area contributed by atoms with Gasteiger partial charge in [0.2, 0.25) is 11.8 Å². The Hall–Kier alpha value is -3.48. The van der Waals surface area contributed by atoms with E-state index in [0.717, 1.165) is 11.1 Å². The summed E-state index contributed by atoms with van der Waals surface area (Å²) in [5.74, 6) is 1.52. The molecule has 0 aliphatic heterocycles. The first-order valence-corrected chi connectivity index (χ1v) is 17.7. The second-order valence-electron chi connectivity index (χ2n) is 11.5. The number of hydrogen-bond acceptors (Lipinski definition) is 4. The molecule has 0 heterocycles. The Kier molecular flexibility index (Phi) is 12.2. The number of hydrogen-bond donors (Lipinski definition) is 2. The standard InChI is InChI=1S/C38H44N2O2S2/c1-25-9-7-11-34(29(25)5)33-16-15-31(21-28(33)4)23-39-37(41)17-19-43-44-20-18-38(42)40-24-32-14-13-27(3)36(22-32)35-12-8-10-26(2)30(35)6/h7-16,21-22H,17-20,23-24H2,1-6H3,(H,39,41)(H,40,42). The van der Waals surface area contributed by atoms with Crippen LogP contribution in [0.2, 0.25) is 0 Å². The summed E-state index contributed by atoms with van der Waals surface area (Å²) in [6.07, 6.45) is 0.913. The minimum absolute atomic E-state index is 0.0450. The van der Waals surface area contributed by atoms with Gasteiger partial charge in [-0.3, -0.25) is 9.59 Å². The highest BCUT2D eigenvalue weighted by Crippen LogP contribution is 2.30. The molecule has 0 saturated carbocycles. The van der Waals surface area contributed by atoms with E-state index < -0.39 is 0 Å². The van der Waals surface area contributed by atoms with Gasteiger partial charge in [-0.15, -0.1) is 0 Å². The molecule has 4 nitrogen and oxygen atoms in total. The van der Waals surface area contributed by atoms with Crippen LogP contribution < -0.4 is 10.6 Å². The van der Waals surface area contributed by atoms with E-state index in [4.69, 9.17) is 0 Å². The van der Waals surface area contributed by atoms with Gasteiger partial charge in [-0.1, -0.05) is 88.3 Å². The third-order valence-corrected chi connectivity index (χ3v) is 10.7. The van der Waals surface area contributed by atoms with E-state index in [1.807, 2.05) is 0 Å². The van der Waals surface area contributed by atoms with Crippen molar-refractivity contribution in [3.63, 3.8) is 0 Å². The Morgan fingerprint density at radius 1 is 0.523 bits per heavy atom. The highest BCUT2D eigenvalue weighted by molar-refractivity contribution is 8.76. The molecule has 0 atom stereocenters. The number of rotatable bonds is 13. The van der Waals surface area contributed by atoms with Crippen molar-refractivity contribution in [2.24, 2.45) is 0 Å². The van der Waals surface area contributed by atoms with Crippen LogP contribution in [0.5, 0.6) is 0 Å². The molecule has 0 spiro atoms. The molecule has 230 valence electrons.